The lowest BCUT2D eigenvalue weighted by molar-refractivity contribution is -0.160. The molecule has 1 atom stereocenters. The summed E-state index contributed by atoms with van der Waals surface area (Å²) < 4.78 is 11.2. The second-order valence-electron chi connectivity index (χ2n) is 5.88. The van der Waals surface area contributed by atoms with E-state index < -0.39 is 5.41 Å². The van der Waals surface area contributed by atoms with Crippen LogP contribution in [0.4, 0.5) is 0 Å². The third-order valence-corrected chi connectivity index (χ3v) is 4.40. The zero-order chi connectivity index (χ0) is 15.8. The Morgan fingerprint density at radius 1 is 1.27 bits per heavy atom. The van der Waals surface area contributed by atoms with E-state index in [4.69, 9.17) is 9.47 Å². The van der Waals surface area contributed by atoms with Crippen molar-refractivity contribution in [3.63, 3.8) is 0 Å². The van der Waals surface area contributed by atoms with Crippen LogP contribution in [0.25, 0.3) is 0 Å². The normalized spacial score (nSPS) is 22.3. The number of likely N-dealkylation sites (tertiary alicyclic amines) is 1. The van der Waals surface area contributed by atoms with Gasteiger partial charge in [-0.15, -0.1) is 0 Å². The molecule has 1 saturated heterocycles. The van der Waals surface area contributed by atoms with Gasteiger partial charge in [0, 0.05) is 6.54 Å². The molecular formula is C18H27NO3. The lowest BCUT2D eigenvalue weighted by Gasteiger charge is -2.40. The fraction of sp³-hybridized carbons (Fsp3) is 0.611. The highest BCUT2D eigenvalue weighted by Gasteiger charge is 2.43. The Morgan fingerprint density at radius 2 is 2.05 bits per heavy atom. The van der Waals surface area contributed by atoms with Crippen molar-refractivity contribution in [2.75, 3.05) is 32.8 Å². The van der Waals surface area contributed by atoms with Crippen molar-refractivity contribution in [3.8, 4) is 5.75 Å². The van der Waals surface area contributed by atoms with E-state index in [0.29, 0.717) is 19.6 Å². The van der Waals surface area contributed by atoms with Gasteiger partial charge in [-0.2, -0.15) is 0 Å². The monoisotopic (exact) mass is 305 g/mol. The first-order valence-electron chi connectivity index (χ1n) is 8.27. The molecule has 1 aromatic carbocycles. The molecule has 0 bridgehead atoms. The molecule has 0 aliphatic carbocycles. The average Bonchev–Trinajstić information content (AvgIpc) is 2.56. The van der Waals surface area contributed by atoms with E-state index in [9.17, 15) is 4.79 Å². The van der Waals surface area contributed by atoms with Gasteiger partial charge < -0.3 is 14.4 Å². The topological polar surface area (TPSA) is 38.8 Å². The molecule has 0 saturated carbocycles. The number of carbonyl (C=O) groups is 1. The Hall–Kier alpha value is -1.55. The van der Waals surface area contributed by atoms with E-state index >= 15 is 0 Å². The molecule has 22 heavy (non-hydrogen) atoms. The van der Waals surface area contributed by atoms with E-state index in [0.717, 1.165) is 38.2 Å². The average molecular weight is 305 g/mol. The van der Waals surface area contributed by atoms with Crippen molar-refractivity contribution in [1.82, 2.24) is 4.90 Å². The summed E-state index contributed by atoms with van der Waals surface area (Å²) in [6.45, 7) is 7.80. The second kappa shape index (κ2) is 8.18. The third-order valence-electron chi connectivity index (χ3n) is 4.40. The summed E-state index contributed by atoms with van der Waals surface area (Å²) in [4.78, 5) is 14.9. The molecule has 1 aromatic rings. The predicted octanol–water partition coefficient (Wildman–Crippen LogP) is 3.12. The minimum absolute atomic E-state index is 0.0650. The second-order valence-corrected chi connectivity index (χ2v) is 5.88. The van der Waals surface area contributed by atoms with Crippen LogP contribution in [0.15, 0.2) is 30.3 Å². The molecule has 1 aliphatic rings. The number of nitrogens with zero attached hydrogens (tertiary/aromatic N) is 1. The zero-order valence-electron chi connectivity index (χ0n) is 13.7. The molecule has 0 unspecified atom stereocenters. The summed E-state index contributed by atoms with van der Waals surface area (Å²) in [6.07, 6.45) is 2.63. The number of hydrogen-bond acceptors (Lipinski definition) is 4. The van der Waals surface area contributed by atoms with Gasteiger partial charge in [0.2, 0.25) is 0 Å². The molecule has 0 aromatic heterocycles. The van der Waals surface area contributed by atoms with E-state index in [-0.39, 0.29) is 5.97 Å². The van der Waals surface area contributed by atoms with Crippen molar-refractivity contribution in [2.45, 2.75) is 33.1 Å². The highest BCUT2D eigenvalue weighted by molar-refractivity contribution is 5.77. The first-order valence-corrected chi connectivity index (χ1v) is 8.27. The number of para-hydroxylation sites is 1. The molecule has 0 radical (unpaired) electrons. The Bertz CT molecular complexity index is 463. The summed E-state index contributed by atoms with van der Waals surface area (Å²) in [5, 5.41) is 0. The lowest BCUT2D eigenvalue weighted by Crippen LogP contribution is -2.49. The van der Waals surface area contributed by atoms with Crippen LogP contribution in [0.2, 0.25) is 0 Å². The number of piperidine rings is 1. The third kappa shape index (κ3) is 4.23. The maximum atomic E-state index is 12.5. The van der Waals surface area contributed by atoms with Gasteiger partial charge in [0.15, 0.2) is 0 Å². The number of hydrogen-bond donors (Lipinski definition) is 0. The molecule has 0 N–H and O–H groups in total. The van der Waals surface area contributed by atoms with Gasteiger partial charge in [0.25, 0.3) is 0 Å². The summed E-state index contributed by atoms with van der Waals surface area (Å²) in [7, 11) is 0. The fourth-order valence-corrected chi connectivity index (χ4v) is 3.14. The summed E-state index contributed by atoms with van der Waals surface area (Å²) >= 11 is 0. The predicted molar refractivity (Wildman–Crippen MR) is 87.0 cm³/mol. The Morgan fingerprint density at radius 3 is 2.73 bits per heavy atom. The Labute approximate surface area is 133 Å². The number of benzene rings is 1. The van der Waals surface area contributed by atoms with E-state index in [2.05, 4.69) is 11.8 Å². The minimum atomic E-state index is -0.418. The molecule has 1 fully saturated rings. The largest absolute Gasteiger partial charge is 0.494 e. The van der Waals surface area contributed by atoms with Crippen LogP contribution in [-0.4, -0.2) is 43.7 Å². The SMILES string of the molecule is CCOC(=O)[C@@]1(CCOc2ccccc2)CCCN(CC)C1. The molecule has 0 spiro atoms. The van der Waals surface area contributed by atoms with Crippen LogP contribution in [-0.2, 0) is 9.53 Å². The number of ether oxygens (including phenoxy) is 2. The molecular weight excluding hydrogens is 278 g/mol. The summed E-state index contributed by atoms with van der Waals surface area (Å²) in [5.74, 6) is 0.787. The Balaban J connectivity index is 1.99. The van der Waals surface area contributed by atoms with E-state index in [1.54, 1.807) is 0 Å². The molecule has 4 heteroatoms. The molecule has 4 nitrogen and oxygen atoms in total. The van der Waals surface area contributed by atoms with Crippen LogP contribution in [0.3, 0.4) is 0 Å². The highest BCUT2D eigenvalue weighted by Crippen LogP contribution is 2.35. The maximum absolute atomic E-state index is 12.5. The fourth-order valence-electron chi connectivity index (χ4n) is 3.14. The first-order chi connectivity index (χ1) is 10.7. The summed E-state index contributed by atoms with van der Waals surface area (Å²) in [5.41, 5.74) is -0.418. The van der Waals surface area contributed by atoms with Crippen LogP contribution in [0, 0.1) is 5.41 Å². The zero-order valence-corrected chi connectivity index (χ0v) is 13.7. The van der Waals surface area contributed by atoms with Crippen LogP contribution in [0.1, 0.15) is 33.1 Å². The molecule has 0 amide bonds. The maximum Gasteiger partial charge on any atom is 0.313 e. The van der Waals surface area contributed by atoms with Crippen molar-refractivity contribution < 1.29 is 14.3 Å². The standard InChI is InChI=1S/C18H27NO3/c1-3-19-13-8-11-18(15-19,17(20)21-4-2)12-14-22-16-9-6-5-7-10-16/h5-7,9-10H,3-4,8,11-15H2,1-2H3/t18-/m1/s1. The summed E-state index contributed by atoms with van der Waals surface area (Å²) in [6, 6.07) is 9.76. The molecule has 1 heterocycles. The van der Waals surface area contributed by atoms with E-state index in [1.807, 2.05) is 37.3 Å². The first kappa shape index (κ1) is 16.8. The van der Waals surface area contributed by atoms with Crippen molar-refractivity contribution in [3.05, 3.63) is 30.3 Å². The number of esters is 1. The van der Waals surface area contributed by atoms with Gasteiger partial charge in [-0.3, -0.25) is 4.79 Å². The molecule has 2 rings (SSSR count). The number of rotatable bonds is 7. The quantitative estimate of drug-likeness (QED) is 0.726. The minimum Gasteiger partial charge on any atom is -0.494 e. The van der Waals surface area contributed by atoms with Gasteiger partial charge >= 0.3 is 5.97 Å². The van der Waals surface area contributed by atoms with Crippen LogP contribution >= 0.6 is 0 Å². The van der Waals surface area contributed by atoms with Crippen molar-refractivity contribution in [1.29, 1.82) is 0 Å². The number of carbonyl (C=O) groups excluding carboxylic acids is 1. The van der Waals surface area contributed by atoms with Gasteiger partial charge in [0.1, 0.15) is 5.75 Å². The van der Waals surface area contributed by atoms with Gasteiger partial charge in [0.05, 0.1) is 18.6 Å². The van der Waals surface area contributed by atoms with Crippen LogP contribution < -0.4 is 4.74 Å². The molecule has 1 aliphatic heterocycles. The van der Waals surface area contributed by atoms with Crippen molar-refractivity contribution in [2.24, 2.45) is 5.41 Å². The van der Waals surface area contributed by atoms with Gasteiger partial charge in [-0.1, -0.05) is 25.1 Å². The smallest absolute Gasteiger partial charge is 0.313 e. The van der Waals surface area contributed by atoms with Gasteiger partial charge in [-0.25, -0.2) is 0 Å². The molecule has 122 valence electrons. The lowest BCUT2D eigenvalue weighted by atomic mass is 9.77. The van der Waals surface area contributed by atoms with Gasteiger partial charge in [-0.05, 0) is 51.4 Å². The Kier molecular flexibility index (Phi) is 6.25. The van der Waals surface area contributed by atoms with E-state index in [1.165, 1.54) is 0 Å². The highest BCUT2D eigenvalue weighted by atomic mass is 16.5. The van der Waals surface area contributed by atoms with Crippen molar-refractivity contribution >= 4 is 5.97 Å². The van der Waals surface area contributed by atoms with Crippen LogP contribution in [0.5, 0.6) is 5.75 Å².